The summed E-state index contributed by atoms with van der Waals surface area (Å²) in [5, 5.41) is 8.89. The minimum Gasteiger partial charge on any atom is -0.497 e. The first-order valence-electron chi connectivity index (χ1n) is 5.99. The Morgan fingerprint density at radius 2 is 1.90 bits per heavy atom. The molecule has 0 unspecified atom stereocenters. The van der Waals surface area contributed by atoms with Crippen LogP contribution in [0.3, 0.4) is 0 Å². The van der Waals surface area contributed by atoms with Crippen molar-refractivity contribution in [2.45, 2.75) is 0 Å². The molecule has 2 aromatic rings. The fraction of sp³-hybridized carbons (Fsp3) is 0.214. The number of nitrogens with zero attached hydrogens (tertiary/aromatic N) is 5. The molecule has 102 valence electrons. The van der Waals surface area contributed by atoms with Gasteiger partial charge in [0.2, 0.25) is 0 Å². The van der Waals surface area contributed by atoms with Crippen LogP contribution in [0.2, 0.25) is 0 Å². The summed E-state index contributed by atoms with van der Waals surface area (Å²) in [6, 6.07) is 9.41. The number of rotatable bonds is 4. The van der Waals surface area contributed by atoms with Gasteiger partial charge in [-0.3, -0.25) is 4.90 Å². The predicted octanol–water partition coefficient (Wildman–Crippen LogP) is 2.17. The fourth-order valence-corrected chi connectivity index (χ4v) is 1.71. The number of hydrogen-bond donors (Lipinski definition) is 0. The van der Waals surface area contributed by atoms with Gasteiger partial charge < -0.3 is 9.64 Å². The maximum atomic E-state index is 8.89. The molecule has 0 N–H and O–H groups in total. The average Bonchev–Trinajstić information content (AvgIpc) is 2.53. The second kappa shape index (κ2) is 5.89. The molecule has 0 aliphatic carbocycles. The minimum atomic E-state index is 0.548. The first-order chi connectivity index (χ1) is 9.65. The molecule has 1 aromatic heterocycles. The van der Waals surface area contributed by atoms with Gasteiger partial charge >= 0.3 is 0 Å². The standard InChI is InChI=1S/C14H15N5O/c1-18(9-15)13-8-14(17-10-16-13)19(2)11-5-4-6-12(7-11)20-3/h4-8,10H,1-3H3. The van der Waals surface area contributed by atoms with Gasteiger partial charge in [-0.1, -0.05) is 6.07 Å². The summed E-state index contributed by atoms with van der Waals surface area (Å²) >= 11 is 0. The molecule has 1 heterocycles. The molecule has 0 spiro atoms. The van der Waals surface area contributed by atoms with Crippen LogP contribution in [0.25, 0.3) is 0 Å². The van der Waals surface area contributed by atoms with E-state index in [1.165, 1.54) is 11.2 Å². The van der Waals surface area contributed by atoms with Crippen LogP contribution in [0.5, 0.6) is 5.75 Å². The lowest BCUT2D eigenvalue weighted by atomic mass is 10.2. The molecule has 0 radical (unpaired) electrons. The molecular weight excluding hydrogens is 254 g/mol. The Kier molecular flexibility index (Phi) is 4.01. The van der Waals surface area contributed by atoms with Crippen molar-refractivity contribution in [3.8, 4) is 11.9 Å². The molecule has 0 bridgehead atoms. The Morgan fingerprint density at radius 3 is 2.60 bits per heavy atom. The minimum absolute atomic E-state index is 0.548. The van der Waals surface area contributed by atoms with Crippen molar-refractivity contribution in [3.63, 3.8) is 0 Å². The van der Waals surface area contributed by atoms with E-state index >= 15 is 0 Å². The van der Waals surface area contributed by atoms with Gasteiger partial charge in [0.25, 0.3) is 0 Å². The molecule has 0 atom stereocenters. The van der Waals surface area contributed by atoms with E-state index in [9.17, 15) is 0 Å². The summed E-state index contributed by atoms with van der Waals surface area (Å²) in [4.78, 5) is 11.6. The Balaban J connectivity index is 2.33. The summed E-state index contributed by atoms with van der Waals surface area (Å²) in [5.41, 5.74) is 0.939. The fourth-order valence-electron chi connectivity index (χ4n) is 1.71. The second-order valence-corrected chi connectivity index (χ2v) is 4.15. The number of anilines is 3. The summed E-state index contributed by atoms with van der Waals surface area (Å²) in [5.74, 6) is 2.02. The van der Waals surface area contributed by atoms with E-state index in [1.54, 1.807) is 20.2 Å². The van der Waals surface area contributed by atoms with Crippen LogP contribution in [0, 0.1) is 11.5 Å². The van der Waals surface area contributed by atoms with Crippen LogP contribution >= 0.6 is 0 Å². The van der Waals surface area contributed by atoms with Crippen LogP contribution < -0.4 is 14.5 Å². The molecule has 0 aliphatic rings. The first kappa shape index (κ1) is 13.6. The zero-order chi connectivity index (χ0) is 14.5. The van der Waals surface area contributed by atoms with E-state index in [0.717, 1.165) is 11.4 Å². The van der Waals surface area contributed by atoms with Crippen LogP contribution in [-0.4, -0.2) is 31.2 Å². The number of nitriles is 1. The topological polar surface area (TPSA) is 65.3 Å². The molecule has 0 aliphatic heterocycles. The lowest BCUT2D eigenvalue weighted by Crippen LogP contribution is -2.15. The normalized spacial score (nSPS) is 9.70. The van der Waals surface area contributed by atoms with E-state index in [1.807, 2.05) is 42.4 Å². The number of hydrogen-bond acceptors (Lipinski definition) is 6. The van der Waals surface area contributed by atoms with Gasteiger partial charge in [0.05, 0.1) is 7.11 Å². The lowest BCUT2D eigenvalue weighted by Gasteiger charge is -2.19. The number of methoxy groups -OCH3 is 1. The third-order valence-corrected chi connectivity index (χ3v) is 2.92. The Hall–Kier alpha value is -2.81. The van der Waals surface area contributed by atoms with Gasteiger partial charge in [0.1, 0.15) is 23.7 Å². The highest BCUT2D eigenvalue weighted by atomic mass is 16.5. The quantitative estimate of drug-likeness (QED) is 0.626. The van der Waals surface area contributed by atoms with E-state index in [2.05, 4.69) is 9.97 Å². The molecule has 0 saturated carbocycles. The summed E-state index contributed by atoms with van der Waals surface area (Å²) in [7, 11) is 5.18. The molecule has 6 nitrogen and oxygen atoms in total. The highest BCUT2D eigenvalue weighted by Gasteiger charge is 2.09. The van der Waals surface area contributed by atoms with E-state index < -0.39 is 0 Å². The van der Waals surface area contributed by atoms with Gasteiger partial charge in [-0.05, 0) is 12.1 Å². The van der Waals surface area contributed by atoms with E-state index in [0.29, 0.717) is 11.6 Å². The van der Waals surface area contributed by atoms with E-state index in [4.69, 9.17) is 10.00 Å². The van der Waals surface area contributed by atoms with Crippen molar-refractivity contribution in [2.75, 3.05) is 31.0 Å². The van der Waals surface area contributed by atoms with Crippen molar-refractivity contribution in [2.24, 2.45) is 0 Å². The van der Waals surface area contributed by atoms with Crippen molar-refractivity contribution in [3.05, 3.63) is 36.7 Å². The zero-order valence-corrected chi connectivity index (χ0v) is 11.6. The van der Waals surface area contributed by atoms with Gasteiger partial charge in [-0.15, -0.1) is 0 Å². The van der Waals surface area contributed by atoms with Crippen LogP contribution in [0.1, 0.15) is 0 Å². The van der Waals surface area contributed by atoms with Crippen LogP contribution in [0.4, 0.5) is 17.3 Å². The van der Waals surface area contributed by atoms with E-state index in [-0.39, 0.29) is 0 Å². The smallest absolute Gasteiger partial charge is 0.185 e. The largest absolute Gasteiger partial charge is 0.497 e. The van der Waals surface area contributed by atoms with Gasteiger partial charge in [-0.2, -0.15) is 5.26 Å². The van der Waals surface area contributed by atoms with Crippen LogP contribution in [0.15, 0.2) is 36.7 Å². The third kappa shape index (κ3) is 2.78. The predicted molar refractivity (Wildman–Crippen MR) is 77.1 cm³/mol. The monoisotopic (exact) mass is 269 g/mol. The molecule has 2 rings (SSSR count). The second-order valence-electron chi connectivity index (χ2n) is 4.15. The van der Waals surface area contributed by atoms with Crippen molar-refractivity contribution in [1.82, 2.24) is 9.97 Å². The van der Waals surface area contributed by atoms with Crippen LogP contribution in [-0.2, 0) is 0 Å². The SMILES string of the molecule is COc1cccc(N(C)c2cc(N(C)C#N)ncn2)c1. The average molecular weight is 269 g/mol. The molecular formula is C14H15N5O. The van der Waals surface area contributed by atoms with Gasteiger partial charge in [-0.25, -0.2) is 9.97 Å². The number of aromatic nitrogens is 2. The molecule has 0 amide bonds. The summed E-state index contributed by atoms with van der Waals surface area (Å²) < 4.78 is 5.21. The third-order valence-electron chi connectivity index (χ3n) is 2.92. The molecule has 1 aromatic carbocycles. The summed E-state index contributed by atoms with van der Waals surface area (Å²) in [6.45, 7) is 0. The Morgan fingerprint density at radius 1 is 1.15 bits per heavy atom. The zero-order valence-electron chi connectivity index (χ0n) is 11.6. The van der Waals surface area contributed by atoms with Crippen molar-refractivity contribution < 1.29 is 4.74 Å². The van der Waals surface area contributed by atoms with Gasteiger partial charge in [0, 0.05) is 31.9 Å². The molecule has 6 heteroatoms. The molecule has 20 heavy (non-hydrogen) atoms. The molecule has 0 fully saturated rings. The highest BCUT2D eigenvalue weighted by Crippen LogP contribution is 2.26. The van der Waals surface area contributed by atoms with Gasteiger partial charge in [0.15, 0.2) is 6.19 Å². The highest BCUT2D eigenvalue weighted by molar-refractivity contribution is 5.63. The molecule has 0 saturated heterocycles. The lowest BCUT2D eigenvalue weighted by molar-refractivity contribution is 0.415. The van der Waals surface area contributed by atoms with Crippen molar-refractivity contribution in [1.29, 1.82) is 5.26 Å². The maximum Gasteiger partial charge on any atom is 0.185 e. The Labute approximate surface area is 117 Å². The van der Waals surface area contributed by atoms with Crippen molar-refractivity contribution >= 4 is 17.3 Å². The number of benzene rings is 1. The Bertz CT molecular complexity index is 637. The summed E-state index contributed by atoms with van der Waals surface area (Å²) in [6.07, 6.45) is 3.45. The number of ether oxygens (including phenoxy) is 1. The first-order valence-corrected chi connectivity index (χ1v) is 5.99. The maximum absolute atomic E-state index is 8.89.